The first-order valence-corrected chi connectivity index (χ1v) is 9.23. The quantitative estimate of drug-likeness (QED) is 0.825. The second-order valence-electron chi connectivity index (χ2n) is 5.94. The monoisotopic (exact) mass is 349 g/mol. The lowest BCUT2D eigenvalue weighted by Crippen LogP contribution is -2.37. The van der Waals surface area contributed by atoms with Gasteiger partial charge in [0.1, 0.15) is 11.4 Å². The number of para-hydroxylation sites is 1. The molecule has 1 aromatic carbocycles. The number of carboxylic acids is 1. The van der Waals surface area contributed by atoms with E-state index in [0.29, 0.717) is 18.2 Å². The van der Waals surface area contributed by atoms with Crippen molar-refractivity contribution in [3.8, 4) is 0 Å². The van der Waals surface area contributed by atoms with Gasteiger partial charge in [-0.2, -0.15) is 5.10 Å². The molecule has 0 bridgehead atoms. The summed E-state index contributed by atoms with van der Waals surface area (Å²) >= 11 is 0. The van der Waals surface area contributed by atoms with Crippen LogP contribution < -0.4 is 4.31 Å². The molecule has 0 atom stereocenters. The van der Waals surface area contributed by atoms with Gasteiger partial charge in [0, 0.05) is 12.7 Å². The van der Waals surface area contributed by atoms with Crippen molar-refractivity contribution >= 4 is 21.7 Å². The zero-order valence-corrected chi connectivity index (χ0v) is 13.9. The summed E-state index contributed by atoms with van der Waals surface area (Å²) in [5.74, 6) is -0.717. The largest absolute Gasteiger partial charge is 0.480 e. The zero-order chi connectivity index (χ0) is 17.2. The van der Waals surface area contributed by atoms with Crippen LogP contribution in [0.15, 0.2) is 47.6 Å². The van der Waals surface area contributed by atoms with Gasteiger partial charge in [-0.05, 0) is 30.9 Å². The van der Waals surface area contributed by atoms with Crippen molar-refractivity contribution in [1.29, 1.82) is 0 Å². The molecule has 1 aromatic heterocycles. The molecule has 1 fully saturated rings. The molecule has 1 heterocycles. The van der Waals surface area contributed by atoms with Crippen molar-refractivity contribution in [2.24, 2.45) is 5.92 Å². The number of carboxylic acid groups (broad SMARTS) is 1. The SMILES string of the molecule is O=C(O)Cn1cc(S(=O)(=O)N(CC2CCC2)c2ccccc2)cn1. The summed E-state index contributed by atoms with van der Waals surface area (Å²) in [7, 11) is -3.78. The van der Waals surface area contributed by atoms with E-state index in [-0.39, 0.29) is 11.4 Å². The average Bonchev–Trinajstić information content (AvgIpc) is 2.95. The van der Waals surface area contributed by atoms with E-state index in [1.54, 1.807) is 24.3 Å². The Hall–Kier alpha value is -2.35. The Morgan fingerprint density at radius 1 is 1.29 bits per heavy atom. The molecule has 8 heteroatoms. The molecule has 3 rings (SSSR count). The summed E-state index contributed by atoms with van der Waals surface area (Å²) in [6, 6.07) is 8.96. The Bertz CT molecular complexity index is 813. The Kier molecular flexibility index (Phi) is 4.57. The summed E-state index contributed by atoms with van der Waals surface area (Å²) < 4.78 is 28.6. The molecular weight excluding hydrogens is 330 g/mol. The van der Waals surface area contributed by atoms with Gasteiger partial charge in [0.25, 0.3) is 10.0 Å². The van der Waals surface area contributed by atoms with Crippen LogP contribution in [0.25, 0.3) is 0 Å². The topological polar surface area (TPSA) is 92.5 Å². The molecule has 0 unspecified atom stereocenters. The molecule has 0 radical (unpaired) electrons. The predicted octanol–water partition coefficient (Wildman–Crippen LogP) is 1.96. The summed E-state index contributed by atoms with van der Waals surface area (Å²) in [6.07, 6.45) is 5.65. The molecule has 0 spiro atoms. The fraction of sp³-hybridized carbons (Fsp3) is 0.375. The molecule has 1 N–H and O–H groups in total. The van der Waals surface area contributed by atoms with E-state index in [1.807, 2.05) is 6.07 Å². The standard InChI is InChI=1S/C16H19N3O4S/c20-16(21)12-18-11-15(9-17-18)24(22,23)19(10-13-5-4-6-13)14-7-2-1-3-8-14/h1-3,7-9,11,13H,4-6,10,12H2,(H,20,21). The maximum Gasteiger partial charge on any atom is 0.325 e. The minimum atomic E-state index is -3.78. The molecular formula is C16H19N3O4S. The van der Waals surface area contributed by atoms with Gasteiger partial charge in [-0.3, -0.25) is 13.8 Å². The van der Waals surface area contributed by atoms with Crippen molar-refractivity contribution in [3.63, 3.8) is 0 Å². The molecule has 0 aliphatic heterocycles. The fourth-order valence-corrected chi connectivity index (χ4v) is 4.17. The van der Waals surface area contributed by atoms with Crippen molar-refractivity contribution in [2.75, 3.05) is 10.8 Å². The van der Waals surface area contributed by atoms with Crippen molar-refractivity contribution in [3.05, 3.63) is 42.7 Å². The number of rotatable bonds is 7. The second kappa shape index (κ2) is 6.64. The first-order valence-electron chi connectivity index (χ1n) is 7.79. The highest BCUT2D eigenvalue weighted by molar-refractivity contribution is 7.92. The average molecular weight is 349 g/mol. The number of aromatic nitrogens is 2. The van der Waals surface area contributed by atoms with E-state index < -0.39 is 16.0 Å². The van der Waals surface area contributed by atoms with Crippen molar-refractivity contribution in [2.45, 2.75) is 30.7 Å². The van der Waals surface area contributed by atoms with Crippen LogP contribution >= 0.6 is 0 Å². The van der Waals surface area contributed by atoms with Gasteiger partial charge in [0.15, 0.2) is 0 Å². The van der Waals surface area contributed by atoms with Crippen molar-refractivity contribution < 1.29 is 18.3 Å². The van der Waals surface area contributed by atoms with E-state index in [4.69, 9.17) is 5.11 Å². The molecule has 24 heavy (non-hydrogen) atoms. The first kappa shape index (κ1) is 16.5. The first-order chi connectivity index (χ1) is 11.5. The van der Waals surface area contributed by atoms with Crippen LogP contribution in [0.4, 0.5) is 5.69 Å². The van der Waals surface area contributed by atoms with Gasteiger partial charge in [0.2, 0.25) is 0 Å². The molecule has 1 saturated carbocycles. The highest BCUT2D eigenvalue weighted by Gasteiger charge is 2.30. The lowest BCUT2D eigenvalue weighted by atomic mass is 9.85. The Labute approximate surface area is 140 Å². The van der Waals surface area contributed by atoms with E-state index in [1.165, 1.54) is 16.7 Å². The lowest BCUT2D eigenvalue weighted by molar-refractivity contribution is -0.137. The Morgan fingerprint density at radius 3 is 2.58 bits per heavy atom. The van der Waals surface area contributed by atoms with Crippen LogP contribution in [0.5, 0.6) is 0 Å². The second-order valence-corrected chi connectivity index (χ2v) is 7.80. The summed E-state index contributed by atoms with van der Waals surface area (Å²) in [5.41, 5.74) is 0.607. The molecule has 128 valence electrons. The van der Waals surface area contributed by atoms with Crippen LogP contribution in [0.1, 0.15) is 19.3 Å². The van der Waals surface area contributed by atoms with E-state index in [9.17, 15) is 13.2 Å². The van der Waals surface area contributed by atoms with Crippen molar-refractivity contribution in [1.82, 2.24) is 9.78 Å². The number of hydrogen-bond acceptors (Lipinski definition) is 4. The molecule has 0 saturated heterocycles. The third kappa shape index (κ3) is 3.43. The van der Waals surface area contributed by atoms with Crippen LogP contribution in [0.3, 0.4) is 0 Å². The van der Waals surface area contributed by atoms with E-state index >= 15 is 0 Å². The zero-order valence-electron chi connectivity index (χ0n) is 13.1. The summed E-state index contributed by atoms with van der Waals surface area (Å²) in [4.78, 5) is 10.8. The molecule has 2 aromatic rings. The van der Waals surface area contributed by atoms with Gasteiger partial charge < -0.3 is 5.11 Å². The molecule has 7 nitrogen and oxygen atoms in total. The van der Waals surface area contributed by atoms with Gasteiger partial charge >= 0.3 is 5.97 Å². The molecule has 1 aliphatic rings. The number of anilines is 1. The fourth-order valence-electron chi connectivity index (χ4n) is 2.68. The maximum absolute atomic E-state index is 13.0. The van der Waals surface area contributed by atoms with E-state index in [2.05, 4.69) is 5.10 Å². The minimum absolute atomic E-state index is 0.00641. The lowest BCUT2D eigenvalue weighted by Gasteiger charge is -2.32. The number of aliphatic carboxylic acids is 1. The maximum atomic E-state index is 13.0. The van der Waals surface area contributed by atoms with Gasteiger partial charge in [-0.1, -0.05) is 24.6 Å². The van der Waals surface area contributed by atoms with E-state index in [0.717, 1.165) is 23.9 Å². The summed E-state index contributed by atoms with van der Waals surface area (Å²) in [5, 5.41) is 12.6. The Morgan fingerprint density at radius 2 is 2.00 bits per heavy atom. The number of hydrogen-bond donors (Lipinski definition) is 1. The van der Waals surface area contributed by atoms with Gasteiger partial charge in [-0.25, -0.2) is 8.42 Å². The third-order valence-corrected chi connectivity index (χ3v) is 5.93. The van der Waals surface area contributed by atoms with Gasteiger partial charge in [0.05, 0.1) is 11.9 Å². The predicted molar refractivity (Wildman–Crippen MR) is 88.2 cm³/mol. The molecule has 0 amide bonds. The normalized spacial score (nSPS) is 15.0. The number of sulfonamides is 1. The highest BCUT2D eigenvalue weighted by atomic mass is 32.2. The number of benzene rings is 1. The minimum Gasteiger partial charge on any atom is -0.480 e. The Balaban J connectivity index is 1.92. The van der Waals surface area contributed by atoms with Gasteiger partial charge in [-0.15, -0.1) is 0 Å². The summed E-state index contributed by atoms with van der Waals surface area (Å²) in [6.45, 7) is 0.0555. The van der Waals surface area contributed by atoms with Crippen LogP contribution in [-0.2, 0) is 21.4 Å². The van der Waals surface area contributed by atoms with Crippen LogP contribution in [0, 0.1) is 5.92 Å². The third-order valence-electron chi connectivity index (χ3n) is 4.19. The number of nitrogens with zero attached hydrogens (tertiary/aromatic N) is 3. The molecule has 1 aliphatic carbocycles. The highest BCUT2D eigenvalue weighted by Crippen LogP contribution is 2.32. The number of carbonyl (C=O) groups is 1. The van der Waals surface area contributed by atoms with Crippen LogP contribution in [0.2, 0.25) is 0 Å². The van der Waals surface area contributed by atoms with Crippen LogP contribution in [-0.4, -0.2) is 35.8 Å². The smallest absolute Gasteiger partial charge is 0.325 e.